The van der Waals surface area contributed by atoms with Crippen molar-refractivity contribution in [3.8, 4) is 0 Å². The van der Waals surface area contributed by atoms with E-state index in [1.165, 1.54) is 12.8 Å². The van der Waals surface area contributed by atoms with Gasteiger partial charge in [0.15, 0.2) is 0 Å². The Morgan fingerprint density at radius 2 is 1.67 bits per heavy atom. The van der Waals surface area contributed by atoms with Crippen molar-refractivity contribution in [2.45, 2.75) is 56.7 Å². The van der Waals surface area contributed by atoms with Crippen LogP contribution in [0.3, 0.4) is 0 Å². The Balaban J connectivity index is 1.60. The van der Waals surface area contributed by atoms with E-state index in [9.17, 15) is 9.90 Å². The highest BCUT2D eigenvalue weighted by Gasteiger charge is 2.23. The van der Waals surface area contributed by atoms with Gasteiger partial charge in [-0.1, -0.05) is 0 Å². The van der Waals surface area contributed by atoms with E-state index in [0.29, 0.717) is 12.6 Å². The smallest absolute Gasteiger partial charge is 0.234 e. The molecule has 0 aromatic carbocycles. The lowest BCUT2D eigenvalue weighted by Gasteiger charge is -2.26. The molecule has 1 amide bonds. The normalized spacial score (nSPS) is 31.3. The molecule has 0 saturated heterocycles. The lowest BCUT2D eigenvalue weighted by atomic mass is 9.93. The maximum atomic E-state index is 11.5. The summed E-state index contributed by atoms with van der Waals surface area (Å²) >= 11 is 0. The van der Waals surface area contributed by atoms with Gasteiger partial charge in [-0.25, -0.2) is 0 Å². The molecular weight excluding hydrogens is 192 g/mol. The van der Waals surface area contributed by atoms with Crippen LogP contribution >= 0.6 is 0 Å². The monoisotopic (exact) mass is 212 g/mol. The standard InChI is InChI=1S/C11H20N2O2/c14-10-5-3-9(4-6-10)13-11(15)7-12-8-1-2-8/h8-10,12,14H,1-7H2,(H,13,15). The molecule has 0 radical (unpaired) electrons. The van der Waals surface area contributed by atoms with Gasteiger partial charge in [0.05, 0.1) is 12.6 Å². The van der Waals surface area contributed by atoms with Crippen molar-refractivity contribution >= 4 is 5.91 Å². The quantitative estimate of drug-likeness (QED) is 0.622. The molecule has 2 saturated carbocycles. The summed E-state index contributed by atoms with van der Waals surface area (Å²) < 4.78 is 0. The Bertz CT molecular complexity index is 221. The van der Waals surface area contributed by atoms with Crippen molar-refractivity contribution in [2.24, 2.45) is 0 Å². The average molecular weight is 212 g/mol. The maximum Gasteiger partial charge on any atom is 0.234 e. The number of amides is 1. The van der Waals surface area contributed by atoms with Crippen LogP contribution in [0.15, 0.2) is 0 Å². The molecule has 2 rings (SSSR count). The minimum atomic E-state index is -0.150. The topological polar surface area (TPSA) is 61.4 Å². The Labute approximate surface area is 90.4 Å². The molecule has 0 aromatic rings. The van der Waals surface area contributed by atoms with Gasteiger partial charge >= 0.3 is 0 Å². The third-order valence-corrected chi connectivity index (χ3v) is 3.19. The summed E-state index contributed by atoms with van der Waals surface area (Å²) in [6.45, 7) is 0.448. The molecule has 0 aromatic heterocycles. The first-order valence-corrected chi connectivity index (χ1v) is 5.95. The fourth-order valence-corrected chi connectivity index (χ4v) is 2.02. The van der Waals surface area contributed by atoms with Gasteiger partial charge in [0.1, 0.15) is 0 Å². The van der Waals surface area contributed by atoms with Crippen molar-refractivity contribution in [2.75, 3.05) is 6.54 Å². The number of rotatable bonds is 4. The molecule has 15 heavy (non-hydrogen) atoms. The summed E-state index contributed by atoms with van der Waals surface area (Å²) in [5.74, 6) is 0.100. The van der Waals surface area contributed by atoms with Crippen molar-refractivity contribution in [3.63, 3.8) is 0 Å². The summed E-state index contributed by atoms with van der Waals surface area (Å²) in [4.78, 5) is 11.5. The van der Waals surface area contributed by atoms with Gasteiger partial charge in [0.2, 0.25) is 5.91 Å². The van der Waals surface area contributed by atoms with E-state index in [0.717, 1.165) is 25.7 Å². The molecule has 2 fully saturated rings. The van der Waals surface area contributed by atoms with Gasteiger partial charge in [-0.15, -0.1) is 0 Å². The molecule has 0 bridgehead atoms. The van der Waals surface area contributed by atoms with E-state index in [-0.39, 0.29) is 18.1 Å². The lowest BCUT2D eigenvalue weighted by molar-refractivity contribution is -0.121. The summed E-state index contributed by atoms with van der Waals surface area (Å²) in [5.41, 5.74) is 0. The Morgan fingerprint density at radius 3 is 2.27 bits per heavy atom. The highest BCUT2D eigenvalue weighted by molar-refractivity contribution is 5.78. The molecule has 0 aliphatic heterocycles. The van der Waals surface area contributed by atoms with Gasteiger partial charge in [-0.2, -0.15) is 0 Å². The third kappa shape index (κ3) is 3.80. The van der Waals surface area contributed by atoms with E-state index < -0.39 is 0 Å². The van der Waals surface area contributed by atoms with Crippen molar-refractivity contribution in [1.29, 1.82) is 0 Å². The van der Waals surface area contributed by atoms with Crippen LogP contribution in [0, 0.1) is 0 Å². The summed E-state index contributed by atoms with van der Waals surface area (Å²) in [6, 6.07) is 0.867. The van der Waals surface area contributed by atoms with Crippen LogP contribution in [-0.2, 0) is 4.79 Å². The highest BCUT2D eigenvalue weighted by atomic mass is 16.3. The predicted molar refractivity (Wildman–Crippen MR) is 57.4 cm³/mol. The van der Waals surface area contributed by atoms with Gasteiger partial charge in [0, 0.05) is 12.1 Å². The highest BCUT2D eigenvalue weighted by Crippen LogP contribution is 2.19. The largest absolute Gasteiger partial charge is 0.393 e. The number of hydrogen-bond donors (Lipinski definition) is 3. The van der Waals surface area contributed by atoms with Crippen LogP contribution in [0.4, 0.5) is 0 Å². The second-order valence-corrected chi connectivity index (χ2v) is 4.73. The molecule has 4 nitrogen and oxygen atoms in total. The van der Waals surface area contributed by atoms with Crippen LogP contribution in [0.25, 0.3) is 0 Å². The average Bonchev–Trinajstić information content (AvgIpc) is 3.02. The molecule has 0 atom stereocenters. The molecule has 0 heterocycles. The van der Waals surface area contributed by atoms with E-state index in [4.69, 9.17) is 0 Å². The number of carbonyl (C=O) groups excluding carboxylic acids is 1. The van der Waals surface area contributed by atoms with E-state index >= 15 is 0 Å². The number of nitrogens with one attached hydrogen (secondary N) is 2. The SMILES string of the molecule is O=C(CNC1CC1)NC1CCC(O)CC1. The summed E-state index contributed by atoms with van der Waals surface area (Å²) in [5, 5.41) is 15.5. The van der Waals surface area contributed by atoms with Gasteiger partial charge in [-0.3, -0.25) is 4.79 Å². The number of aliphatic hydroxyl groups excluding tert-OH is 1. The van der Waals surface area contributed by atoms with Crippen molar-refractivity contribution < 1.29 is 9.90 Å². The van der Waals surface area contributed by atoms with E-state index in [2.05, 4.69) is 10.6 Å². The summed E-state index contributed by atoms with van der Waals surface area (Å²) in [7, 11) is 0. The van der Waals surface area contributed by atoms with Crippen LogP contribution in [0.1, 0.15) is 38.5 Å². The lowest BCUT2D eigenvalue weighted by Crippen LogP contribution is -2.43. The van der Waals surface area contributed by atoms with Gasteiger partial charge in [-0.05, 0) is 38.5 Å². The number of carbonyl (C=O) groups is 1. The molecule has 4 heteroatoms. The minimum Gasteiger partial charge on any atom is -0.393 e. The Kier molecular flexibility index (Phi) is 3.59. The van der Waals surface area contributed by atoms with Gasteiger partial charge < -0.3 is 15.7 Å². The van der Waals surface area contributed by atoms with Crippen molar-refractivity contribution in [3.05, 3.63) is 0 Å². The molecule has 0 spiro atoms. The van der Waals surface area contributed by atoms with E-state index in [1.807, 2.05) is 0 Å². The second-order valence-electron chi connectivity index (χ2n) is 4.73. The molecule has 2 aliphatic rings. The molecule has 0 unspecified atom stereocenters. The number of aliphatic hydroxyl groups is 1. The van der Waals surface area contributed by atoms with E-state index in [1.54, 1.807) is 0 Å². The zero-order chi connectivity index (χ0) is 10.7. The Morgan fingerprint density at radius 1 is 1.07 bits per heavy atom. The number of hydrogen-bond acceptors (Lipinski definition) is 3. The van der Waals surface area contributed by atoms with Crippen LogP contribution in [0.2, 0.25) is 0 Å². The first-order valence-electron chi connectivity index (χ1n) is 5.95. The van der Waals surface area contributed by atoms with Crippen LogP contribution in [-0.4, -0.2) is 35.7 Å². The summed E-state index contributed by atoms with van der Waals surface area (Å²) in [6.07, 6.45) is 5.74. The molecule has 3 N–H and O–H groups in total. The minimum absolute atomic E-state index is 0.100. The fourth-order valence-electron chi connectivity index (χ4n) is 2.02. The molecular formula is C11H20N2O2. The van der Waals surface area contributed by atoms with Gasteiger partial charge in [0.25, 0.3) is 0 Å². The predicted octanol–water partition coefficient (Wildman–Crippen LogP) is 0.158. The second kappa shape index (κ2) is 4.94. The Hall–Kier alpha value is -0.610. The van der Waals surface area contributed by atoms with Crippen LogP contribution < -0.4 is 10.6 Å². The fraction of sp³-hybridized carbons (Fsp3) is 0.909. The molecule has 2 aliphatic carbocycles. The first-order chi connectivity index (χ1) is 7.24. The first kappa shape index (κ1) is 10.9. The zero-order valence-corrected chi connectivity index (χ0v) is 9.04. The van der Waals surface area contributed by atoms with Crippen LogP contribution in [0.5, 0.6) is 0 Å². The molecule has 86 valence electrons. The third-order valence-electron chi connectivity index (χ3n) is 3.19. The zero-order valence-electron chi connectivity index (χ0n) is 9.04. The van der Waals surface area contributed by atoms with Crippen molar-refractivity contribution in [1.82, 2.24) is 10.6 Å². The maximum absolute atomic E-state index is 11.5.